The average molecular weight is 653 g/mol. The monoisotopic (exact) mass is 651 g/mol. The van der Waals surface area contributed by atoms with E-state index in [9.17, 15) is 9.59 Å². The molecule has 0 aromatic carbocycles. The van der Waals surface area contributed by atoms with Crippen LogP contribution in [0.3, 0.4) is 0 Å². The molecule has 0 heterocycles. The van der Waals surface area contributed by atoms with Crippen LogP contribution in [0.5, 0.6) is 0 Å². The molecule has 0 aromatic heterocycles. The van der Waals surface area contributed by atoms with Crippen molar-refractivity contribution in [1.29, 1.82) is 0 Å². The van der Waals surface area contributed by atoms with Gasteiger partial charge in [-0.3, -0.25) is 14.5 Å². The van der Waals surface area contributed by atoms with Crippen LogP contribution in [0.25, 0.3) is 0 Å². The van der Waals surface area contributed by atoms with Crippen molar-refractivity contribution < 1.29 is 19.1 Å². The molecule has 42 heavy (non-hydrogen) atoms. The van der Waals surface area contributed by atoms with Crippen molar-refractivity contribution in [3.05, 3.63) is 70.8 Å². The second kappa shape index (κ2) is 30.1. The van der Waals surface area contributed by atoms with Gasteiger partial charge in [-0.05, 0) is 90.0 Å². The molecule has 2 amide bonds. The van der Waals surface area contributed by atoms with Crippen LogP contribution in [0, 0.1) is 5.92 Å². The Morgan fingerprint density at radius 3 is 2.38 bits per heavy atom. The molecule has 0 saturated carbocycles. The molecule has 1 aliphatic rings. The van der Waals surface area contributed by atoms with E-state index in [1.54, 1.807) is 11.1 Å². The third kappa shape index (κ3) is 30.6. The third-order valence-corrected chi connectivity index (χ3v) is 6.25. The summed E-state index contributed by atoms with van der Waals surface area (Å²) in [6, 6.07) is 0. The van der Waals surface area contributed by atoms with Crippen LogP contribution < -0.4 is 5.73 Å². The molecule has 0 saturated heterocycles. The summed E-state index contributed by atoms with van der Waals surface area (Å²) in [6.45, 7) is 18.8. The van der Waals surface area contributed by atoms with Gasteiger partial charge in [-0.15, -0.1) is 0 Å². The molecular formula is C34H58BrN3O4. The van der Waals surface area contributed by atoms with Gasteiger partial charge in [0, 0.05) is 6.92 Å². The lowest BCUT2D eigenvalue weighted by molar-refractivity contribution is -0.135. The minimum Gasteiger partial charge on any atom is -0.361 e. The molecule has 240 valence electrons. The number of hydrogen-bond donors (Lipinski definition) is 1. The first kappa shape index (κ1) is 44.1. The maximum atomic E-state index is 11.0. The second-order valence-corrected chi connectivity index (χ2v) is 11.3. The SMILES string of the molecule is C=O.CC(C)(C)OCN.CCC(C)CCN(C)CCCC1=CCC=CC=C1.C\C=C/C(=C\C=C\Br)CN(C=O)C(C)=O. The molecule has 0 spiro atoms. The molecule has 8 heteroatoms. The minimum absolute atomic E-state index is 0.0747. The number of nitrogens with zero attached hydrogens (tertiary/aromatic N) is 2. The summed E-state index contributed by atoms with van der Waals surface area (Å²) >= 11 is 3.14. The van der Waals surface area contributed by atoms with Crippen LogP contribution in [0.2, 0.25) is 0 Å². The lowest BCUT2D eigenvalue weighted by Gasteiger charge is -2.18. The van der Waals surface area contributed by atoms with E-state index >= 15 is 0 Å². The van der Waals surface area contributed by atoms with E-state index in [2.05, 4.69) is 72.1 Å². The van der Waals surface area contributed by atoms with Crippen molar-refractivity contribution in [1.82, 2.24) is 9.80 Å². The fourth-order valence-electron chi connectivity index (χ4n) is 3.32. The largest absolute Gasteiger partial charge is 0.361 e. The van der Waals surface area contributed by atoms with Gasteiger partial charge in [0.05, 0.1) is 18.9 Å². The van der Waals surface area contributed by atoms with E-state index in [-0.39, 0.29) is 11.5 Å². The molecule has 1 aliphatic carbocycles. The Kier molecular flexibility index (Phi) is 31.6. The van der Waals surface area contributed by atoms with E-state index in [1.165, 1.54) is 51.3 Å². The van der Waals surface area contributed by atoms with E-state index in [4.69, 9.17) is 15.3 Å². The molecule has 7 nitrogen and oxygen atoms in total. The summed E-state index contributed by atoms with van der Waals surface area (Å²) in [7, 11) is 2.25. The summed E-state index contributed by atoms with van der Waals surface area (Å²) in [5.41, 5.74) is 7.40. The Bertz CT molecular complexity index is 871. The van der Waals surface area contributed by atoms with Gasteiger partial charge in [-0.2, -0.15) is 0 Å². The Hall–Kier alpha value is -2.39. The standard InChI is InChI=1S/C17H29N.C11H14BrNO2.C5H13NO.CH2O/c1-4-16(2)13-15-18(3)14-9-12-17-10-7-5-6-8-11-17;1-3-5-11(6-4-7-12)8-13(9-14)10(2)15;1-5(2,3)7-4-6;1-2/h5-7,10-11,16H,4,8-9,12-15H2,1-3H3;3-7,9H,8H2,1-2H3;4,6H2,1-3H3;1H2/b;5-3-,7-4+,11-6+;;. The normalized spacial score (nSPS) is 13.7. The summed E-state index contributed by atoms with van der Waals surface area (Å²) in [5, 5.41) is 0. The summed E-state index contributed by atoms with van der Waals surface area (Å²) in [4.78, 5) is 34.9. The van der Waals surface area contributed by atoms with E-state index in [0.717, 1.165) is 22.8 Å². The predicted molar refractivity (Wildman–Crippen MR) is 183 cm³/mol. The van der Waals surface area contributed by atoms with Crippen LogP contribution in [-0.4, -0.2) is 67.9 Å². The van der Waals surface area contributed by atoms with Gasteiger partial charge >= 0.3 is 0 Å². The number of rotatable bonds is 14. The van der Waals surface area contributed by atoms with E-state index in [0.29, 0.717) is 19.7 Å². The van der Waals surface area contributed by atoms with Crippen LogP contribution >= 0.6 is 15.9 Å². The second-order valence-electron chi connectivity index (χ2n) is 10.7. The number of imide groups is 1. The van der Waals surface area contributed by atoms with Crippen LogP contribution in [0.1, 0.15) is 80.6 Å². The molecule has 2 N–H and O–H groups in total. The highest BCUT2D eigenvalue weighted by Gasteiger charge is 2.08. The number of halogens is 1. The van der Waals surface area contributed by atoms with Gasteiger partial charge in [0.25, 0.3) is 0 Å². The highest BCUT2D eigenvalue weighted by atomic mass is 79.9. The molecule has 1 atom stereocenters. The number of carbonyl (C=O) groups is 3. The lowest BCUT2D eigenvalue weighted by atomic mass is 10.0. The summed E-state index contributed by atoms with van der Waals surface area (Å²) in [5.74, 6) is 0.606. The zero-order valence-electron chi connectivity index (χ0n) is 27.5. The maximum Gasteiger partial charge on any atom is 0.226 e. The van der Waals surface area contributed by atoms with Gasteiger partial charge in [0.15, 0.2) is 0 Å². The maximum absolute atomic E-state index is 11.0. The third-order valence-electron chi connectivity index (χ3n) is 5.94. The van der Waals surface area contributed by atoms with E-state index in [1.807, 2.05) is 52.7 Å². The quantitative estimate of drug-likeness (QED) is 0.119. The highest BCUT2D eigenvalue weighted by molar-refractivity contribution is 9.11. The molecule has 0 aliphatic heterocycles. The van der Waals surface area contributed by atoms with Gasteiger partial charge in [-0.25, -0.2) is 0 Å². The smallest absolute Gasteiger partial charge is 0.226 e. The first-order valence-corrected chi connectivity index (χ1v) is 15.5. The number of amides is 2. The molecule has 0 aromatic rings. The van der Waals surface area contributed by atoms with Crippen molar-refractivity contribution in [2.75, 3.05) is 33.4 Å². The van der Waals surface area contributed by atoms with Gasteiger partial charge in [0.1, 0.15) is 6.79 Å². The summed E-state index contributed by atoms with van der Waals surface area (Å²) in [6.07, 6.45) is 25.2. The Balaban J connectivity index is -0.000000571. The predicted octanol–water partition coefficient (Wildman–Crippen LogP) is 7.51. The molecule has 1 unspecified atom stereocenters. The molecule has 0 fully saturated rings. The van der Waals surface area contributed by atoms with Crippen molar-refractivity contribution in [2.24, 2.45) is 11.7 Å². The zero-order chi connectivity index (χ0) is 32.8. The van der Waals surface area contributed by atoms with Gasteiger partial charge in [-0.1, -0.05) is 96.5 Å². The minimum atomic E-state index is -0.261. The number of hydrogen-bond acceptors (Lipinski definition) is 6. The fourth-order valence-corrected chi connectivity index (χ4v) is 3.48. The van der Waals surface area contributed by atoms with Crippen molar-refractivity contribution in [2.45, 2.75) is 86.2 Å². The Labute approximate surface area is 265 Å². The fraction of sp³-hybridized carbons (Fsp3) is 0.559. The van der Waals surface area contributed by atoms with E-state index < -0.39 is 0 Å². The van der Waals surface area contributed by atoms with Crippen LogP contribution in [0.4, 0.5) is 0 Å². The number of ether oxygens (including phenoxy) is 1. The first-order valence-electron chi connectivity index (χ1n) is 14.6. The number of carbonyl (C=O) groups excluding carboxylic acids is 3. The van der Waals surface area contributed by atoms with Crippen molar-refractivity contribution >= 4 is 35.0 Å². The number of allylic oxidation sites excluding steroid dienone is 9. The Morgan fingerprint density at radius 1 is 1.24 bits per heavy atom. The summed E-state index contributed by atoms with van der Waals surface area (Å²) < 4.78 is 5.01. The zero-order valence-corrected chi connectivity index (χ0v) is 29.1. The lowest BCUT2D eigenvalue weighted by Crippen LogP contribution is -2.28. The number of nitrogens with two attached hydrogens (primary N) is 1. The highest BCUT2D eigenvalue weighted by Crippen LogP contribution is 2.13. The van der Waals surface area contributed by atoms with Crippen molar-refractivity contribution in [3.8, 4) is 0 Å². The van der Waals surface area contributed by atoms with Gasteiger partial charge < -0.3 is 20.2 Å². The van der Waals surface area contributed by atoms with Crippen LogP contribution in [0.15, 0.2) is 70.8 Å². The topological polar surface area (TPSA) is 92.9 Å². The molecule has 0 bridgehead atoms. The first-order chi connectivity index (χ1) is 19.9. The molecular weight excluding hydrogens is 594 g/mol. The Morgan fingerprint density at radius 2 is 1.90 bits per heavy atom. The van der Waals surface area contributed by atoms with Crippen LogP contribution in [-0.2, 0) is 19.1 Å². The molecule has 0 radical (unpaired) electrons. The van der Waals surface area contributed by atoms with Gasteiger partial charge in [0.2, 0.25) is 12.3 Å². The molecule has 1 rings (SSSR count). The average Bonchev–Trinajstić information content (AvgIpc) is 3.23. The van der Waals surface area contributed by atoms with Crippen molar-refractivity contribution in [3.63, 3.8) is 0 Å².